The van der Waals surface area contributed by atoms with E-state index in [9.17, 15) is 51.1 Å². The van der Waals surface area contributed by atoms with Gasteiger partial charge in [0.1, 0.15) is 67.1 Å². The maximum absolute atomic E-state index is 10.6. The Kier molecular flexibility index (Phi) is 8.99. The molecule has 3 rings (SSSR count). The summed E-state index contributed by atoms with van der Waals surface area (Å²) in [6.45, 7) is -0.0778. The average molecular weight is 488 g/mol. The fourth-order valence-electron chi connectivity index (χ4n) is 3.97. The molecular weight excluding hydrogens is 456 g/mol. The molecule has 0 aromatic rings. The minimum absolute atomic E-state index is 0.731. The molecule has 0 radical (unpaired) electrons. The standard InChI is InChI=1S/C18H32O15/c1-4-7(21)14(32-17-12(26)10(24)8(22)5(2-19)30-17)15(16(28)29-4)33-18-13(27)11(25)9(23)6(3-20)31-18/h4-28H,2-3H2,1H3/t4-,5+,6+,7+,8+,9+,10-,11-,12+,13+,14+,15-,16?,17-,18-/m0/s1. The Bertz CT molecular complexity index is 622. The van der Waals surface area contributed by atoms with E-state index < -0.39 is 105 Å². The number of hydrogen-bond donors (Lipinski definition) is 10. The molecule has 0 aromatic heterocycles. The van der Waals surface area contributed by atoms with Crippen molar-refractivity contribution in [3.8, 4) is 0 Å². The zero-order valence-corrected chi connectivity index (χ0v) is 17.6. The van der Waals surface area contributed by atoms with Crippen LogP contribution in [0.4, 0.5) is 0 Å². The van der Waals surface area contributed by atoms with Gasteiger partial charge in [0, 0.05) is 0 Å². The van der Waals surface area contributed by atoms with E-state index in [0.29, 0.717) is 0 Å². The fraction of sp³-hybridized carbons (Fsp3) is 1.00. The van der Waals surface area contributed by atoms with Crippen molar-refractivity contribution in [2.75, 3.05) is 13.2 Å². The Morgan fingerprint density at radius 3 is 1.39 bits per heavy atom. The summed E-state index contributed by atoms with van der Waals surface area (Å²) >= 11 is 0. The summed E-state index contributed by atoms with van der Waals surface area (Å²) in [5.41, 5.74) is 0. The maximum atomic E-state index is 10.6. The lowest BCUT2D eigenvalue weighted by atomic mass is 9.96. The zero-order valence-electron chi connectivity index (χ0n) is 17.6. The van der Waals surface area contributed by atoms with Crippen LogP contribution in [0, 0.1) is 0 Å². The van der Waals surface area contributed by atoms with E-state index in [1.807, 2.05) is 0 Å². The van der Waals surface area contributed by atoms with E-state index in [1.165, 1.54) is 6.92 Å². The molecular formula is C18H32O15. The molecule has 3 saturated heterocycles. The third kappa shape index (κ3) is 5.32. The van der Waals surface area contributed by atoms with Gasteiger partial charge in [-0.3, -0.25) is 0 Å². The highest BCUT2D eigenvalue weighted by molar-refractivity contribution is 4.95. The van der Waals surface area contributed by atoms with Gasteiger partial charge in [-0.2, -0.15) is 0 Å². The van der Waals surface area contributed by atoms with E-state index in [-0.39, 0.29) is 0 Å². The van der Waals surface area contributed by atoms with Crippen LogP contribution in [0.15, 0.2) is 0 Å². The highest BCUT2D eigenvalue weighted by Gasteiger charge is 2.53. The first-order valence-electron chi connectivity index (χ1n) is 10.4. The van der Waals surface area contributed by atoms with Crippen LogP contribution in [0.2, 0.25) is 0 Å². The smallest absolute Gasteiger partial charge is 0.187 e. The van der Waals surface area contributed by atoms with Crippen LogP contribution in [0.5, 0.6) is 0 Å². The van der Waals surface area contributed by atoms with Crippen molar-refractivity contribution in [3.63, 3.8) is 0 Å². The molecule has 15 nitrogen and oxygen atoms in total. The molecule has 0 aliphatic carbocycles. The molecule has 15 heteroatoms. The van der Waals surface area contributed by atoms with Crippen molar-refractivity contribution >= 4 is 0 Å². The topological polar surface area (TPSA) is 248 Å². The first-order chi connectivity index (χ1) is 15.5. The van der Waals surface area contributed by atoms with Gasteiger partial charge in [-0.05, 0) is 6.92 Å². The molecule has 0 amide bonds. The Morgan fingerprint density at radius 2 is 0.970 bits per heavy atom. The molecule has 33 heavy (non-hydrogen) atoms. The normalized spacial score (nSPS) is 53.7. The van der Waals surface area contributed by atoms with Gasteiger partial charge in [-0.15, -0.1) is 0 Å². The Balaban J connectivity index is 1.80. The van der Waals surface area contributed by atoms with Gasteiger partial charge < -0.3 is 74.7 Å². The predicted molar refractivity (Wildman–Crippen MR) is 99.8 cm³/mol. The van der Waals surface area contributed by atoms with Crippen molar-refractivity contribution in [1.29, 1.82) is 0 Å². The number of rotatable bonds is 6. The first kappa shape index (κ1) is 27.0. The molecule has 0 aromatic carbocycles. The van der Waals surface area contributed by atoms with E-state index in [0.717, 1.165) is 0 Å². The summed E-state index contributed by atoms with van der Waals surface area (Å²) in [7, 11) is 0. The van der Waals surface area contributed by atoms with Crippen molar-refractivity contribution in [2.45, 2.75) is 99.0 Å². The highest BCUT2D eigenvalue weighted by Crippen LogP contribution is 2.32. The molecule has 0 spiro atoms. The Morgan fingerprint density at radius 1 is 0.545 bits per heavy atom. The lowest BCUT2D eigenvalue weighted by molar-refractivity contribution is -0.385. The molecule has 0 saturated carbocycles. The van der Waals surface area contributed by atoms with Gasteiger partial charge in [0.2, 0.25) is 0 Å². The number of aliphatic hydroxyl groups excluding tert-OH is 10. The second-order valence-corrected chi connectivity index (χ2v) is 8.32. The number of ether oxygens (including phenoxy) is 5. The van der Waals surface area contributed by atoms with E-state index in [4.69, 9.17) is 23.7 Å². The molecule has 3 heterocycles. The SMILES string of the molecule is C[C@@H]1OC(O)[C@@H](O[C@@H]2O[C@H](CO)[C@@H](O)[C@H](O)[C@H]2O)[C@H](O[C@@H]2O[C@H](CO)[C@@H](O)[C@H](O)[C@H]2O)[C@@H]1O. The largest absolute Gasteiger partial charge is 0.394 e. The van der Waals surface area contributed by atoms with Crippen molar-refractivity contribution < 1.29 is 74.7 Å². The van der Waals surface area contributed by atoms with Crippen molar-refractivity contribution in [1.82, 2.24) is 0 Å². The van der Waals surface area contributed by atoms with Crippen LogP contribution in [0.3, 0.4) is 0 Å². The van der Waals surface area contributed by atoms with Crippen LogP contribution < -0.4 is 0 Å². The summed E-state index contributed by atoms with van der Waals surface area (Å²) < 4.78 is 26.8. The van der Waals surface area contributed by atoms with Gasteiger partial charge in [0.05, 0.1) is 19.3 Å². The lowest BCUT2D eigenvalue weighted by Crippen LogP contribution is -2.66. The summed E-state index contributed by atoms with van der Waals surface area (Å²) in [5.74, 6) is 0. The van der Waals surface area contributed by atoms with Crippen LogP contribution in [-0.4, -0.2) is 156 Å². The van der Waals surface area contributed by atoms with Crippen molar-refractivity contribution in [2.24, 2.45) is 0 Å². The molecule has 3 aliphatic rings. The number of aliphatic hydroxyl groups is 10. The monoisotopic (exact) mass is 488 g/mol. The van der Waals surface area contributed by atoms with Crippen LogP contribution in [0.1, 0.15) is 6.92 Å². The quantitative estimate of drug-likeness (QED) is 0.167. The molecule has 1 unspecified atom stereocenters. The van der Waals surface area contributed by atoms with Crippen molar-refractivity contribution in [3.05, 3.63) is 0 Å². The summed E-state index contributed by atoms with van der Waals surface area (Å²) in [6, 6.07) is 0. The Labute approximate surface area is 187 Å². The van der Waals surface area contributed by atoms with Gasteiger partial charge in [-0.25, -0.2) is 0 Å². The van der Waals surface area contributed by atoms with Crippen LogP contribution >= 0.6 is 0 Å². The van der Waals surface area contributed by atoms with Gasteiger partial charge in [0.15, 0.2) is 18.9 Å². The molecule has 3 fully saturated rings. The maximum Gasteiger partial charge on any atom is 0.187 e. The second kappa shape index (κ2) is 11.0. The van der Waals surface area contributed by atoms with Gasteiger partial charge >= 0.3 is 0 Å². The minimum Gasteiger partial charge on any atom is -0.394 e. The molecule has 10 N–H and O–H groups in total. The highest BCUT2D eigenvalue weighted by atomic mass is 16.8. The van der Waals surface area contributed by atoms with Gasteiger partial charge in [0.25, 0.3) is 0 Å². The minimum atomic E-state index is -1.83. The number of hydrogen-bond acceptors (Lipinski definition) is 15. The molecule has 0 bridgehead atoms. The van der Waals surface area contributed by atoms with E-state index in [2.05, 4.69) is 0 Å². The van der Waals surface area contributed by atoms with Gasteiger partial charge in [-0.1, -0.05) is 0 Å². The lowest BCUT2D eigenvalue weighted by Gasteiger charge is -2.48. The Hall–Kier alpha value is -0.600. The summed E-state index contributed by atoms with van der Waals surface area (Å²) in [5, 5.41) is 99.9. The summed E-state index contributed by atoms with van der Waals surface area (Å²) in [6.07, 6.45) is -24.1. The second-order valence-electron chi connectivity index (χ2n) is 8.32. The average Bonchev–Trinajstić information content (AvgIpc) is 2.79. The molecule has 3 aliphatic heterocycles. The summed E-state index contributed by atoms with van der Waals surface area (Å²) in [4.78, 5) is 0. The zero-order chi connectivity index (χ0) is 24.6. The first-order valence-corrected chi connectivity index (χ1v) is 10.4. The van der Waals surface area contributed by atoms with E-state index in [1.54, 1.807) is 0 Å². The van der Waals surface area contributed by atoms with Crippen LogP contribution in [0.25, 0.3) is 0 Å². The molecule has 194 valence electrons. The third-order valence-electron chi connectivity index (χ3n) is 6.06. The predicted octanol–water partition coefficient (Wildman–Crippen LogP) is -6.55. The van der Waals surface area contributed by atoms with Crippen LogP contribution in [-0.2, 0) is 23.7 Å². The van der Waals surface area contributed by atoms with E-state index >= 15 is 0 Å². The fourth-order valence-corrected chi connectivity index (χ4v) is 3.97. The third-order valence-corrected chi connectivity index (χ3v) is 6.06. The molecule has 15 atom stereocenters.